The van der Waals surface area contributed by atoms with E-state index in [1.165, 1.54) is 43.9 Å². The third-order valence-corrected chi connectivity index (χ3v) is 4.22. The van der Waals surface area contributed by atoms with Gasteiger partial charge < -0.3 is 10.8 Å². The van der Waals surface area contributed by atoms with Gasteiger partial charge in [-0.25, -0.2) is 14.8 Å². The molecule has 20 heavy (non-hydrogen) atoms. The Labute approximate surface area is 128 Å². The molecule has 1 rings (SSSR count). The molecule has 112 valence electrons. The maximum absolute atomic E-state index is 10.8. The van der Waals surface area contributed by atoms with E-state index in [0.29, 0.717) is 5.03 Å². The molecule has 0 aliphatic heterocycles. The molecule has 0 fully saturated rings. The van der Waals surface area contributed by atoms with Crippen molar-refractivity contribution in [3.63, 3.8) is 0 Å². The summed E-state index contributed by atoms with van der Waals surface area (Å²) >= 11 is 7.38. The topological polar surface area (TPSA) is 89.1 Å². The van der Waals surface area contributed by atoms with Crippen LogP contribution in [0.4, 0.5) is 5.82 Å². The van der Waals surface area contributed by atoms with Gasteiger partial charge in [0.1, 0.15) is 5.03 Å². The highest BCUT2D eigenvalue weighted by molar-refractivity contribution is 7.99. The molecule has 5 nitrogen and oxygen atoms in total. The number of unbranched alkanes of at least 4 members (excludes halogenated alkanes) is 5. The van der Waals surface area contributed by atoms with Crippen LogP contribution in [0.25, 0.3) is 0 Å². The van der Waals surface area contributed by atoms with Crippen molar-refractivity contribution in [3.8, 4) is 0 Å². The van der Waals surface area contributed by atoms with Crippen molar-refractivity contribution < 1.29 is 9.90 Å². The van der Waals surface area contributed by atoms with Crippen molar-refractivity contribution in [3.05, 3.63) is 10.8 Å². The van der Waals surface area contributed by atoms with E-state index < -0.39 is 5.97 Å². The summed E-state index contributed by atoms with van der Waals surface area (Å²) in [4.78, 5) is 18.6. The molecule has 0 aromatic carbocycles. The lowest BCUT2D eigenvalue weighted by molar-refractivity contribution is 0.0691. The second-order valence-corrected chi connectivity index (χ2v) is 5.92. The van der Waals surface area contributed by atoms with Crippen LogP contribution < -0.4 is 5.73 Å². The zero-order valence-electron chi connectivity index (χ0n) is 11.6. The molecule has 0 amide bonds. The predicted octanol–water partition coefficient (Wildman–Crippen LogP) is 3.86. The summed E-state index contributed by atoms with van der Waals surface area (Å²) in [6.07, 6.45) is 7.32. The van der Waals surface area contributed by atoms with Crippen LogP contribution in [0.2, 0.25) is 5.15 Å². The third-order valence-electron chi connectivity index (χ3n) is 2.79. The van der Waals surface area contributed by atoms with Gasteiger partial charge in [0.05, 0.1) is 0 Å². The van der Waals surface area contributed by atoms with Crippen LogP contribution in [0, 0.1) is 0 Å². The summed E-state index contributed by atoms with van der Waals surface area (Å²) in [6, 6.07) is 0. The van der Waals surface area contributed by atoms with Crippen LogP contribution in [0.5, 0.6) is 0 Å². The number of nitrogens with zero attached hydrogens (tertiary/aromatic N) is 2. The summed E-state index contributed by atoms with van der Waals surface area (Å²) in [5.41, 5.74) is 5.26. The van der Waals surface area contributed by atoms with Crippen LogP contribution in [-0.2, 0) is 0 Å². The van der Waals surface area contributed by atoms with E-state index in [4.69, 9.17) is 22.4 Å². The summed E-state index contributed by atoms with van der Waals surface area (Å²) in [6.45, 7) is 2.20. The molecule has 1 aromatic rings. The molecule has 0 bridgehead atoms. The van der Waals surface area contributed by atoms with Gasteiger partial charge in [-0.05, 0) is 12.2 Å². The van der Waals surface area contributed by atoms with Gasteiger partial charge >= 0.3 is 5.97 Å². The summed E-state index contributed by atoms with van der Waals surface area (Å²) < 4.78 is 0. The molecule has 0 spiro atoms. The standard InChI is InChI=1S/C13H20ClN3O2S/c1-2-3-4-5-6-7-8-20-12-10(14)16-9(13(18)19)11(15)17-12/h2-8H2,1H3,(H2,15,17)(H,18,19). The molecule has 0 atom stereocenters. The molecule has 0 aliphatic carbocycles. The highest BCUT2D eigenvalue weighted by Crippen LogP contribution is 2.26. The number of hydrogen-bond donors (Lipinski definition) is 2. The highest BCUT2D eigenvalue weighted by Gasteiger charge is 2.15. The van der Waals surface area contributed by atoms with Gasteiger partial charge in [-0.3, -0.25) is 0 Å². The number of thioether (sulfide) groups is 1. The largest absolute Gasteiger partial charge is 0.476 e. The number of carbonyl (C=O) groups is 1. The Morgan fingerprint density at radius 3 is 2.55 bits per heavy atom. The number of rotatable bonds is 9. The van der Waals surface area contributed by atoms with E-state index >= 15 is 0 Å². The Hall–Kier alpha value is -1.01. The van der Waals surface area contributed by atoms with Gasteiger partial charge in [0.15, 0.2) is 16.7 Å². The Morgan fingerprint density at radius 2 is 1.90 bits per heavy atom. The Kier molecular flexibility index (Phi) is 7.69. The van der Waals surface area contributed by atoms with Crippen LogP contribution in [-0.4, -0.2) is 26.8 Å². The minimum absolute atomic E-state index is 0.0904. The summed E-state index contributed by atoms with van der Waals surface area (Å²) in [7, 11) is 0. The molecule has 1 aromatic heterocycles. The fraction of sp³-hybridized carbons (Fsp3) is 0.615. The number of halogens is 1. The minimum Gasteiger partial charge on any atom is -0.476 e. The number of carboxylic acids is 1. The van der Waals surface area contributed by atoms with E-state index in [-0.39, 0.29) is 16.7 Å². The van der Waals surface area contributed by atoms with Gasteiger partial charge in [-0.15, -0.1) is 11.8 Å². The fourth-order valence-electron chi connectivity index (χ4n) is 1.71. The lowest BCUT2D eigenvalue weighted by atomic mass is 10.1. The van der Waals surface area contributed by atoms with Crippen molar-refractivity contribution in [1.82, 2.24) is 9.97 Å². The van der Waals surface area contributed by atoms with E-state index in [9.17, 15) is 4.79 Å². The van der Waals surface area contributed by atoms with Crippen molar-refractivity contribution in [2.24, 2.45) is 0 Å². The Morgan fingerprint density at radius 1 is 1.25 bits per heavy atom. The number of aromatic nitrogens is 2. The maximum atomic E-state index is 10.8. The lowest BCUT2D eigenvalue weighted by Gasteiger charge is -2.06. The number of nitrogens with two attached hydrogens (primary N) is 1. The first kappa shape index (κ1) is 17.0. The number of hydrogen-bond acceptors (Lipinski definition) is 5. The van der Waals surface area contributed by atoms with E-state index in [2.05, 4.69) is 16.9 Å². The Bertz CT molecular complexity index is 457. The van der Waals surface area contributed by atoms with Crippen LogP contribution >= 0.6 is 23.4 Å². The van der Waals surface area contributed by atoms with Crippen LogP contribution in [0.1, 0.15) is 55.9 Å². The predicted molar refractivity (Wildman–Crippen MR) is 82.5 cm³/mol. The second-order valence-electron chi connectivity index (χ2n) is 4.47. The molecule has 0 aliphatic rings. The lowest BCUT2D eigenvalue weighted by Crippen LogP contribution is -2.09. The van der Waals surface area contributed by atoms with Gasteiger partial charge in [0.2, 0.25) is 0 Å². The highest BCUT2D eigenvalue weighted by atomic mass is 35.5. The smallest absolute Gasteiger partial charge is 0.358 e. The van der Waals surface area contributed by atoms with Gasteiger partial charge in [-0.2, -0.15) is 0 Å². The fourth-order valence-corrected chi connectivity index (χ4v) is 2.87. The molecule has 0 radical (unpaired) electrons. The first-order valence-electron chi connectivity index (χ1n) is 6.75. The van der Waals surface area contributed by atoms with Gasteiger partial charge in [0, 0.05) is 0 Å². The van der Waals surface area contributed by atoms with Crippen LogP contribution in [0.15, 0.2) is 5.03 Å². The molecule has 0 unspecified atom stereocenters. The van der Waals surface area contributed by atoms with Crippen molar-refractivity contribution in [2.45, 2.75) is 50.5 Å². The maximum Gasteiger partial charge on any atom is 0.358 e. The quantitative estimate of drug-likeness (QED) is 0.531. The monoisotopic (exact) mass is 317 g/mol. The number of aromatic carboxylic acids is 1. The zero-order valence-corrected chi connectivity index (χ0v) is 13.1. The average molecular weight is 318 g/mol. The van der Waals surface area contributed by atoms with E-state index in [1.54, 1.807) is 0 Å². The molecule has 3 N–H and O–H groups in total. The number of nitrogen functional groups attached to an aromatic ring is 1. The first-order valence-corrected chi connectivity index (χ1v) is 8.11. The number of carboxylic acid groups (broad SMARTS) is 1. The normalized spacial score (nSPS) is 10.7. The number of anilines is 1. The van der Waals surface area contributed by atoms with Gasteiger partial charge in [0.25, 0.3) is 0 Å². The molecule has 0 saturated carbocycles. The van der Waals surface area contributed by atoms with Crippen molar-refractivity contribution >= 4 is 35.1 Å². The average Bonchev–Trinajstić information content (AvgIpc) is 2.40. The molecule has 0 saturated heterocycles. The summed E-state index contributed by atoms with van der Waals surface area (Å²) in [5.74, 6) is -0.427. The Balaban J connectivity index is 2.41. The third kappa shape index (κ3) is 5.54. The molecular weight excluding hydrogens is 298 g/mol. The van der Waals surface area contributed by atoms with Crippen molar-refractivity contribution in [1.29, 1.82) is 0 Å². The second kappa shape index (κ2) is 9.02. The zero-order chi connectivity index (χ0) is 15.0. The summed E-state index contributed by atoms with van der Waals surface area (Å²) in [5, 5.41) is 9.46. The molecule has 7 heteroatoms. The molecule has 1 heterocycles. The van der Waals surface area contributed by atoms with Crippen LogP contribution in [0.3, 0.4) is 0 Å². The van der Waals surface area contributed by atoms with Crippen molar-refractivity contribution in [2.75, 3.05) is 11.5 Å². The van der Waals surface area contributed by atoms with E-state index in [0.717, 1.165) is 12.2 Å². The molecular formula is C13H20ClN3O2S. The minimum atomic E-state index is -1.22. The van der Waals surface area contributed by atoms with E-state index in [1.807, 2.05) is 0 Å². The van der Waals surface area contributed by atoms with Gasteiger partial charge in [-0.1, -0.05) is 50.6 Å². The SMILES string of the molecule is CCCCCCCCSc1nc(N)c(C(=O)O)nc1Cl. The first-order chi connectivity index (χ1) is 9.56.